The highest BCUT2D eigenvalue weighted by atomic mass is 35.5. The second-order valence-corrected chi connectivity index (χ2v) is 3.58. The molecular formula is C10H13ClN2. The van der Waals surface area contributed by atoms with Crippen LogP contribution in [-0.4, -0.2) is 24.8 Å². The third-order valence-electron chi connectivity index (χ3n) is 1.80. The minimum absolute atomic E-state index is 0.585. The number of nitrogens with one attached hydrogen (secondary N) is 1. The monoisotopic (exact) mass is 196 g/mol. The highest BCUT2D eigenvalue weighted by Gasteiger charge is 2.01. The van der Waals surface area contributed by atoms with E-state index in [1.807, 2.05) is 38.4 Å². The molecule has 0 aliphatic carbocycles. The number of amidine groups is 1. The van der Waals surface area contributed by atoms with E-state index in [-0.39, 0.29) is 0 Å². The minimum atomic E-state index is 0.585. The molecule has 70 valence electrons. The third kappa shape index (κ3) is 3.07. The van der Waals surface area contributed by atoms with Gasteiger partial charge in [0.1, 0.15) is 0 Å². The molecule has 1 N–H and O–H groups in total. The minimum Gasteiger partial charge on any atom is -0.366 e. The maximum absolute atomic E-state index is 7.63. The first-order valence-corrected chi connectivity index (χ1v) is 4.46. The van der Waals surface area contributed by atoms with E-state index in [1.165, 1.54) is 0 Å². The van der Waals surface area contributed by atoms with Crippen molar-refractivity contribution in [2.75, 3.05) is 14.1 Å². The van der Waals surface area contributed by atoms with Crippen LogP contribution < -0.4 is 0 Å². The lowest BCUT2D eigenvalue weighted by Gasteiger charge is -2.13. The van der Waals surface area contributed by atoms with Crippen LogP contribution >= 0.6 is 11.6 Å². The molecular weight excluding hydrogens is 184 g/mol. The Kier molecular flexibility index (Phi) is 3.32. The number of halogens is 1. The second kappa shape index (κ2) is 4.28. The fraction of sp³-hybridized carbons (Fsp3) is 0.300. The molecule has 13 heavy (non-hydrogen) atoms. The van der Waals surface area contributed by atoms with E-state index in [0.29, 0.717) is 12.3 Å². The molecule has 0 heterocycles. The Hall–Kier alpha value is -1.02. The van der Waals surface area contributed by atoms with Crippen molar-refractivity contribution in [3.05, 3.63) is 34.9 Å². The Labute approximate surface area is 83.6 Å². The topological polar surface area (TPSA) is 27.1 Å². The van der Waals surface area contributed by atoms with Crippen molar-refractivity contribution in [2.45, 2.75) is 6.42 Å². The molecule has 0 aromatic heterocycles. The van der Waals surface area contributed by atoms with Gasteiger partial charge in [-0.05, 0) is 17.7 Å². The van der Waals surface area contributed by atoms with Gasteiger partial charge >= 0.3 is 0 Å². The summed E-state index contributed by atoms with van der Waals surface area (Å²) in [5, 5.41) is 8.36. The van der Waals surface area contributed by atoms with E-state index in [0.717, 1.165) is 10.6 Å². The van der Waals surface area contributed by atoms with Crippen LogP contribution in [0.1, 0.15) is 5.56 Å². The summed E-state index contributed by atoms with van der Waals surface area (Å²) in [6.07, 6.45) is 0.632. The summed E-state index contributed by atoms with van der Waals surface area (Å²) in [7, 11) is 3.74. The Morgan fingerprint density at radius 1 is 1.46 bits per heavy atom. The third-order valence-corrected chi connectivity index (χ3v) is 2.04. The number of hydrogen-bond donors (Lipinski definition) is 1. The van der Waals surface area contributed by atoms with Gasteiger partial charge in [0.05, 0.1) is 5.84 Å². The Morgan fingerprint density at radius 2 is 2.15 bits per heavy atom. The summed E-state index contributed by atoms with van der Waals surface area (Å²) < 4.78 is 0. The Morgan fingerprint density at radius 3 is 2.69 bits per heavy atom. The lowest BCUT2D eigenvalue weighted by Crippen LogP contribution is -2.22. The van der Waals surface area contributed by atoms with Crippen molar-refractivity contribution in [3.63, 3.8) is 0 Å². The number of nitrogens with zero attached hydrogens (tertiary/aromatic N) is 1. The van der Waals surface area contributed by atoms with Crippen molar-refractivity contribution >= 4 is 17.4 Å². The van der Waals surface area contributed by atoms with Crippen LogP contribution in [0.25, 0.3) is 0 Å². The molecule has 0 saturated heterocycles. The molecule has 0 atom stereocenters. The van der Waals surface area contributed by atoms with E-state index < -0.39 is 0 Å². The van der Waals surface area contributed by atoms with Crippen LogP contribution in [0.4, 0.5) is 0 Å². The summed E-state index contributed by atoms with van der Waals surface area (Å²) in [6, 6.07) is 7.61. The predicted molar refractivity (Wildman–Crippen MR) is 56.6 cm³/mol. The zero-order valence-electron chi connectivity index (χ0n) is 7.84. The SMILES string of the molecule is CN(C)C(=N)Cc1cccc(Cl)c1. The zero-order valence-corrected chi connectivity index (χ0v) is 8.60. The maximum atomic E-state index is 7.63. The van der Waals surface area contributed by atoms with E-state index in [2.05, 4.69) is 0 Å². The van der Waals surface area contributed by atoms with Gasteiger partial charge in [0.15, 0.2) is 0 Å². The Bertz CT molecular complexity index is 308. The molecule has 3 heteroatoms. The van der Waals surface area contributed by atoms with Crippen molar-refractivity contribution < 1.29 is 0 Å². The summed E-state index contributed by atoms with van der Waals surface area (Å²) in [5.74, 6) is 0.585. The quantitative estimate of drug-likeness (QED) is 0.571. The van der Waals surface area contributed by atoms with E-state index in [4.69, 9.17) is 17.0 Å². The first kappa shape index (κ1) is 10.1. The van der Waals surface area contributed by atoms with Gasteiger partial charge in [-0.3, -0.25) is 5.41 Å². The highest BCUT2D eigenvalue weighted by Crippen LogP contribution is 2.11. The summed E-state index contributed by atoms with van der Waals surface area (Å²) in [5.41, 5.74) is 1.08. The molecule has 1 aromatic rings. The molecule has 0 saturated carbocycles. The molecule has 0 fully saturated rings. The van der Waals surface area contributed by atoms with Gasteiger partial charge in [0.2, 0.25) is 0 Å². The lowest BCUT2D eigenvalue weighted by molar-refractivity contribution is 0.605. The first-order chi connectivity index (χ1) is 6.09. The number of rotatable bonds is 2. The Balaban J connectivity index is 2.69. The van der Waals surface area contributed by atoms with Crippen molar-refractivity contribution in [3.8, 4) is 0 Å². The standard InChI is InChI=1S/C10H13ClN2/c1-13(2)10(12)7-8-4-3-5-9(11)6-8/h3-6,12H,7H2,1-2H3. The molecule has 0 unspecified atom stereocenters. The van der Waals surface area contributed by atoms with E-state index in [9.17, 15) is 0 Å². The van der Waals surface area contributed by atoms with E-state index >= 15 is 0 Å². The van der Waals surface area contributed by atoms with E-state index in [1.54, 1.807) is 4.90 Å². The first-order valence-electron chi connectivity index (χ1n) is 4.09. The van der Waals surface area contributed by atoms with Gasteiger partial charge in [0, 0.05) is 25.5 Å². The van der Waals surface area contributed by atoms with Crippen molar-refractivity contribution in [2.24, 2.45) is 0 Å². The largest absolute Gasteiger partial charge is 0.366 e. The van der Waals surface area contributed by atoms with Crippen LogP contribution in [0.2, 0.25) is 5.02 Å². The molecule has 1 rings (SSSR count). The van der Waals surface area contributed by atoms with Crippen LogP contribution in [0.15, 0.2) is 24.3 Å². The van der Waals surface area contributed by atoms with Gasteiger partial charge < -0.3 is 4.90 Å². The molecule has 0 amide bonds. The van der Waals surface area contributed by atoms with Crippen molar-refractivity contribution in [1.82, 2.24) is 4.90 Å². The number of benzene rings is 1. The normalized spacial score (nSPS) is 9.77. The predicted octanol–water partition coefficient (Wildman–Crippen LogP) is 2.42. The second-order valence-electron chi connectivity index (χ2n) is 3.15. The summed E-state index contributed by atoms with van der Waals surface area (Å²) >= 11 is 5.82. The fourth-order valence-corrected chi connectivity index (χ4v) is 1.21. The smallest absolute Gasteiger partial charge is 0.0997 e. The van der Waals surface area contributed by atoms with Gasteiger partial charge in [-0.1, -0.05) is 23.7 Å². The highest BCUT2D eigenvalue weighted by molar-refractivity contribution is 6.30. The summed E-state index contributed by atoms with van der Waals surface area (Å²) in [6.45, 7) is 0. The average molecular weight is 197 g/mol. The van der Waals surface area contributed by atoms with Crippen LogP contribution in [-0.2, 0) is 6.42 Å². The molecule has 0 bridgehead atoms. The fourth-order valence-electron chi connectivity index (χ4n) is 0.998. The molecule has 0 spiro atoms. The van der Waals surface area contributed by atoms with Gasteiger partial charge in [0.25, 0.3) is 0 Å². The van der Waals surface area contributed by atoms with Crippen LogP contribution in [0.3, 0.4) is 0 Å². The van der Waals surface area contributed by atoms with Gasteiger partial charge in [-0.2, -0.15) is 0 Å². The number of hydrogen-bond acceptors (Lipinski definition) is 1. The van der Waals surface area contributed by atoms with Gasteiger partial charge in [-0.25, -0.2) is 0 Å². The maximum Gasteiger partial charge on any atom is 0.0997 e. The number of likely N-dealkylation sites (N-methyl/N-ethyl adjacent to an activating group) is 1. The van der Waals surface area contributed by atoms with Crippen LogP contribution in [0, 0.1) is 5.41 Å². The molecule has 1 aromatic carbocycles. The molecule has 0 aliphatic rings. The van der Waals surface area contributed by atoms with Crippen LogP contribution in [0.5, 0.6) is 0 Å². The molecule has 0 radical (unpaired) electrons. The van der Waals surface area contributed by atoms with Gasteiger partial charge in [-0.15, -0.1) is 0 Å². The lowest BCUT2D eigenvalue weighted by atomic mass is 10.1. The zero-order chi connectivity index (χ0) is 9.84. The summed E-state index contributed by atoms with van der Waals surface area (Å²) in [4.78, 5) is 1.79. The molecule has 0 aliphatic heterocycles. The average Bonchev–Trinajstić information content (AvgIpc) is 2.04. The van der Waals surface area contributed by atoms with Crippen molar-refractivity contribution in [1.29, 1.82) is 5.41 Å². The molecule has 2 nitrogen and oxygen atoms in total.